The monoisotopic (exact) mass is 408 g/mol. The van der Waals surface area contributed by atoms with Crippen LogP contribution in [-0.2, 0) is 9.59 Å². The molecule has 9 heteroatoms. The van der Waals surface area contributed by atoms with Crippen molar-refractivity contribution in [3.8, 4) is 0 Å². The maximum absolute atomic E-state index is 12.7. The molecule has 2 aliphatic rings. The number of thioether (sulfide) groups is 1. The zero-order chi connectivity index (χ0) is 18.1. The van der Waals surface area contributed by atoms with Gasteiger partial charge in [0, 0.05) is 24.4 Å². The lowest BCUT2D eigenvalue weighted by Gasteiger charge is -2.23. The highest BCUT2D eigenvalue weighted by Crippen LogP contribution is 2.37. The molecule has 1 unspecified atom stereocenters. The largest absolute Gasteiger partial charge is 0.334 e. The van der Waals surface area contributed by atoms with Gasteiger partial charge in [-0.15, -0.1) is 21.5 Å². The summed E-state index contributed by atoms with van der Waals surface area (Å²) in [6.07, 6.45) is 4.14. The zero-order valence-corrected chi connectivity index (χ0v) is 16.9. The SMILES string of the molecule is CC(=O)N(c1nnc(SCC(=O)N2CCCC2c2cccs2)s1)C1CC1. The van der Waals surface area contributed by atoms with Crippen LogP contribution in [0.3, 0.4) is 0 Å². The molecule has 0 bridgehead atoms. The molecule has 2 fully saturated rings. The molecule has 3 heterocycles. The molecule has 0 spiro atoms. The fourth-order valence-electron chi connectivity index (χ4n) is 3.29. The van der Waals surface area contributed by atoms with Crippen LogP contribution in [0.15, 0.2) is 21.9 Å². The summed E-state index contributed by atoms with van der Waals surface area (Å²) < 4.78 is 0.743. The molecule has 0 radical (unpaired) electrons. The van der Waals surface area contributed by atoms with E-state index in [0.717, 1.165) is 36.6 Å². The van der Waals surface area contributed by atoms with Crippen LogP contribution in [0.4, 0.5) is 5.13 Å². The Kier molecular flexibility index (Phi) is 5.28. The first-order valence-electron chi connectivity index (χ1n) is 8.72. The standard InChI is InChI=1S/C17H20N4O2S3/c1-11(22)21(12-6-7-12)16-18-19-17(26-16)25-10-15(23)20-8-2-4-13(20)14-5-3-9-24-14/h3,5,9,12-13H,2,4,6-8,10H2,1H3. The van der Waals surface area contributed by atoms with Crippen molar-refractivity contribution in [2.75, 3.05) is 17.2 Å². The van der Waals surface area contributed by atoms with Gasteiger partial charge in [-0.2, -0.15) is 0 Å². The first-order chi connectivity index (χ1) is 12.6. The van der Waals surface area contributed by atoms with Gasteiger partial charge < -0.3 is 4.90 Å². The Morgan fingerprint density at radius 2 is 2.19 bits per heavy atom. The summed E-state index contributed by atoms with van der Waals surface area (Å²) in [7, 11) is 0. The number of amides is 2. The van der Waals surface area contributed by atoms with Crippen molar-refractivity contribution in [1.29, 1.82) is 0 Å². The average molecular weight is 409 g/mol. The van der Waals surface area contributed by atoms with E-state index < -0.39 is 0 Å². The summed E-state index contributed by atoms with van der Waals surface area (Å²) >= 11 is 4.53. The maximum atomic E-state index is 12.7. The van der Waals surface area contributed by atoms with Crippen molar-refractivity contribution in [3.63, 3.8) is 0 Å². The van der Waals surface area contributed by atoms with Crippen molar-refractivity contribution in [1.82, 2.24) is 15.1 Å². The zero-order valence-electron chi connectivity index (χ0n) is 14.5. The predicted octanol–water partition coefficient (Wildman–Crippen LogP) is 3.57. The topological polar surface area (TPSA) is 66.4 Å². The number of hydrogen-bond donors (Lipinski definition) is 0. The van der Waals surface area contributed by atoms with Gasteiger partial charge in [0.05, 0.1) is 11.8 Å². The molecule has 138 valence electrons. The van der Waals surface area contributed by atoms with E-state index in [1.54, 1.807) is 23.2 Å². The molecular weight excluding hydrogens is 388 g/mol. The van der Waals surface area contributed by atoms with Crippen molar-refractivity contribution < 1.29 is 9.59 Å². The van der Waals surface area contributed by atoms with E-state index in [4.69, 9.17) is 0 Å². The molecule has 2 aromatic heterocycles. The number of rotatable bonds is 6. The third kappa shape index (κ3) is 3.79. The highest BCUT2D eigenvalue weighted by Gasteiger charge is 2.34. The molecule has 1 saturated heterocycles. The van der Waals surface area contributed by atoms with E-state index in [1.165, 1.54) is 28.0 Å². The number of carbonyl (C=O) groups excluding carboxylic acids is 2. The van der Waals surface area contributed by atoms with E-state index in [2.05, 4.69) is 21.6 Å². The van der Waals surface area contributed by atoms with E-state index in [-0.39, 0.29) is 23.9 Å². The number of likely N-dealkylation sites (tertiary alicyclic amines) is 1. The number of nitrogens with zero attached hydrogens (tertiary/aromatic N) is 4. The first-order valence-corrected chi connectivity index (χ1v) is 11.4. The number of thiophene rings is 1. The minimum Gasteiger partial charge on any atom is -0.334 e. The fraction of sp³-hybridized carbons (Fsp3) is 0.529. The number of anilines is 1. The van der Waals surface area contributed by atoms with Gasteiger partial charge in [0.15, 0.2) is 4.34 Å². The molecule has 1 saturated carbocycles. The number of aromatic nitrogens is 2. The van der Waals surface area contributed by atoms with Crippen molar-refractivity contribution >= 4 is 51.4 Å². The third-order valence-electron chi connectivity index (χ3n) is 4.62. The molecule has 0 N–H and O–H groups in total. The minimum atomic E-state index is 0.00660. The Hall–Kier alpha value is -1.45. The number of hydrogen-bond acceptors (Lipinski definition) is 7. The van der Waals surface area contributed by atoms with Gasteiger partial charge in [-0.3, -0.25) is 14.5 Å². The summed E-state index contributed by atoms with van der Waals surface area (Å²) in [5, 5.41) is 11.0. The minimum absolute atomic E-state index is 0.00660. The number of carbonyl (C=O) groups is 2. The second-order valence-electron chi connectivity index (χ2n) is 6.52. The normalized spacial score (nSPS) is 19.7. The van der Waals surface area contributed by atoms with E-state index >= 15 is 0 Å². The van der Waals surface area contributed by atoms with Crippen molar-refractivity contribution in [2.45, 2.75) is 49.0 Å². The Morgan fingerprint density at radius 1 is 1.35 bits per heavy atom. The molecule has 6 nitrogen and oxygen atoms in total. The maximum Gasteiger partial charge on any atom is 0.233 e. The van der Waals surface area contributed by atoms with Crippen molar-refractivity contribution in [3.05, 3.63) is 22.4 Å². The van der Waals surface area contributed by atoms with Gasteiger partial charge in [0.2, 0.25) is 16.9 Å². The van der Waals surface area contributed by atoms with Gasteiger partial charge in [0.25, 0.3) is 0 Å². The van der Waals surface area contributed by atoms with E-state index in [1.807, 2.05) is 11.0 Å². The fourth-order valence-corrected chi connectivity index (χ4v) is 6.00. The Balaban J connectivity index is 1.37. The summed E-state index contributed by atoms with van der Waals surface area (Å²) in [5.74, 6) is 0.514. The molecule has 4 rings (SSSR count). The molecule has 2 amide bonds. The van der Waals surface area contributed by atoms with Crippen LogP contribution >= 0.6 is 34.4 Å². The van der Waals surface area contributed by atoms with Crippen LogP contribution in [0, 0.1) is 0 Å². The van der Waals surface area contributed by atoms with E-state index in [0.29, 0.717) is 10.9 Å². The van der Waals surface area contributed by atoms with Crippen LogP contribution in [0.5, 0.6) is 0 Å². The molecule has 0 aromatic carbocycles. The smallest absolute Gasteiger partial charge is 0.233 e. The Bertz CT molecular complexity index is 788. The second-order valence-corrected chi connectivity index (χ2v) is 9.68. The van der Waals surface area contributed by atoms with Gasteiger partial charge in [-0.1, -0.05) is 29.2 Å². The lowest BCUT2D eigenvalue weighted by atomic mass is 10.2. The van der Waals surface area contributed by atoms with Crippen LogP contribution in [0.25, 0.3) is 0 Å². The van der Waals surface area contributed by atoms with Crippen LogP contribution < -0.4 is 4.90 Å². The predicted molar refractivity (Wildman–Crippen MR) is 105 cm³/mol. The molecular formula is C17H20N4O2S3. The average Bonchev–Trinajstić information content (AvgIpc) is 3.07. The van der Waals surface area contributed by atoms with Gasteiger partial charge >= 0.3 is 0 Å². The molecule has 26 heavy (non-hydrogen) atoms. The van der Waals surface area contributed by atoms with E-state index in [9.17, 15) is 9.59 Å². The molecule has 2 aromatic rings. The second kappa shape index (κ2) is 7.66. The van der Waals surface area contributed by atoms with Crippen LogP contribution in [0.1, 0.15) is 43.5 Å². The quantitative estimate of drug-likeness (QED) is 0.540. The lowest BCUT2D eigenvalue weighted by Crippen LogP contribution is -2.31. The highest BCUT2D eigenvalue weighted by atomic mass is 32.2. The molecule has 1 aliphatic carbocycles. The Labute approximate surface area is 164 Å². The van der Waals surface area contributed by atoms with Gasteiger partial charge in [-0.05, 0) is 37.1 Å². The van der Waals surface area contributed by atoms with Crippen molar-refractivity contribution in [2.24, 2.45) is 0 Å². The summed E-state index contributed by atoms with van der Waals surface area (Å²) in [6, 6.07) is 4.64. The first kappa shape index (κ1) is 17.9. The van der Waals surface area contributed by atoms with Crippen LogP contribution in [0.2, 0.25) is 0 Å². The summed E-state index contributed by atoms with van der Waals surface area (Å²) in [6.45, 7) is 2.39. The summed E-state index contributed by atoms with van der Waals surface area (Å²) in [4.78, 5) is 29.5. The molecule has 1 aliphatic heterocycles. The Morgan fingerprint density at radius 3 is 2.88 bits per heavy atom. The highest BCUT2D eigenvalue weighted by molar-refractivity contribution is 8.01. The van der Waals surface area contributed by atoms with Crippen LogP contribution in [-0.4, -0.2) is 45.3 Å². The third-order valence-corrected chi connectivity index (χ3v) is 7.63. The molecule has 1 atom stereocenters. The van der Waals surface area contributed by atoms with Gasteiger partial charge in [-0.25, -0.2) is 0 Å². The lowest BCUT2D eigenvalue weighted by molar-refractivity contribution is -0.129. The summed E-state index contributed by atoms with van der Waals surface area (Å²) in [5.41, 5.74) is 0. The van der Waals surface area contributed by atoms with Gasteiger partial charge in [0.1, 0.15) is 0 Å².